The molecule has 1 spiro atoms. The molecule has 74 valence electrons. The van der Waals surface area contributed by atoms with E-state index in [-0.39, 0.29) is 11.5 Å². The summed E-state index contributed by atoms with van der Waals surface area (Å²) in [4.78, 5) is 0. The monoisotopic (exact) mass is 189 g/mol. The van der Waals surface area contributed by atoms with Gasteiger partial charge in [0.2, 0.25) is 0 Å². The van der Waals surface area contributed by atoms with Gasteiger partial charge in [0.25, 0.3) is 0 Å². The number of hydrogen-bond acceptors (Lipinski definition) is 2. The van der Waals surface area contributed by atoms with E-state index < -0.39 is 0 Å². The standard InChI is InChI=1S/C12H15NO/c1-8-3-2-4-9-10(8)14-7-12(5-6-12)11(9)13/h2-4,11H,5-7,13H2,1H3. The van der Waals surface area contributed by atoms with Crippen LogP contribution in [-0.4, -0.2) is 6.61 Å². The van der Waals surface area contributed by atoms with Crippen molar-refractivity contribution in [2.45, 2.75) is 25.8 Å². The smallest absolute Gasteiger partial charge is 0.127 e. The van der Waals surface area contributed by atoms with Crippen molar-refractivity contribution in [3.05, 3.63) is 29.3 Å². The van der Waals surface area contributed by atoms with Crippen molar-refractivity contribution in [1.29, 1.82) is 0 Å². The van der Waals surface area contributed by atoms with Crippen LogP contribution in [0.15, 0.2) is 18.2 Å². The van der Waals surface area contributed by atoms with Gasteiger partial charge in [0.05, 0.1) is 6.61 Å². The molecule has 0 aromatic heterocycles. The van der Waals surface area contributed by atoms with Crippen LogP contribution in [0.5, 0.6) is 5.75 Å². The number of rotatable bonds is 0. The van der Waals surface area contributed by atoms with Crippen LogP contribution in [0, 0.1) is 12.3 Å². The third-order valence-electron chi connectivity index (χ3n) is 3.63. The van der Waals surface area contributed by atoms with Crippen molar-refractivity contribution >= 4 is 0 Å². The summed E-state index contributed by atoms with van der Waals surface area (Å²) < 4.78 is 5.82. The summed E-state index contributed by atoms with van der Waals surface area (Å²) in [5, 5.41) is 0. The lowest BCUT2D eigenvalue weighted by Crippen LogP contribution is -2.33. The van der Waals surface area contributed by atoms with Crippen LogP contribution < -0.4 is 10.5 Å². The van der Waals surface area contributed by atoms with Crippen LogP contribution >= 0.6 is 0 Å². The second-order valence-electron chi connectivity index (χ2n) is 4.62. The summed E-state index contributed by atoms with van der Waals surface area (Å²) in [7, 11) is 0. The Bertz CT molecular complexity index is 382. The van der Waals surface area contributed by atoms with Gasteiger partial charge in [-0.2, -0.15) is 0 Å². The molecule has 1 aliphatic carbocycles. The van der Waals surface area contributed by atoms with Crippen molar-refractivity contribution in [3.63, 3.8) is 0 Å². The average Bonchev–Trinajstić information content (AvgIpc) is 2.94. The molecule has 0 bridgehead atoms. The average molecular weight is 189 g/mol. The third-order valence-corrected chi connectivity index (χ3v) is 3.63. The summed E-state index contributed by atoms with van der Waals surface area (Å²) in [6.45, 7) is 2.89. The van der Waals surface area contributed by atoms with E-state index in [2.05, 4.69) is 25.1 Å². The van der Waals surface area contributed by atoms with Crippen LogP contribution in [0.25, 0.3) is 0 Å². The molecular formula is C12H15NO. The third kappa shape index (κ3) is 0.947. The van der Waals surface area contributed by atoms with Gasteiger partial charge in [-0.25, -0.2) is 0 Å². The molecule has 1 aromatic carbocycles. The van der Waals surface area contributed by atoms with E-state index in [1.54, 1.807) is 0 Å². The summed E-state index contributed by atoms with van der Waals surface area (Å²) in [6.07, 6.45) is 2.45. The van der Waals surface area contributed by atoms with Gasteiger partial charge in [-0.1, -0.05) is 18.2 Å². The zero-order valence-corrected chi connectivity index (χ0v) is 8.42. The number of hydrogen-bond donors (Lipinski definition) is 1. The van der Waals surface area contributed by atoms with E-state index in [1.165, 1.54) is 24.0 Å². The van der Waals surface area contributed by atoms with Crippen LogP contribution in [0.2, 0.25) is 0 Å². The van der Waals surface area contributed by atoms with E-state index in [0.717, 1.165) is 12.4 Å². The fraction of sp³-hybridized carbons (Fsp3) is 0.500. The summed E-state index contributed by atoms with van der Waals surface area (Å²) in [6, 6.07) is 6.44. The van der Waals surface area contributed by atoms with Gasteiger partial charge < -0.3 is 10.5 Å². The Morgan fingerprint density at radius 3 is 2.93 bits per heavy atom. The molecule has 1 unspecified atom stereocenters. The Balaban J connectivity index is 2.11. The highest BCUT2D eigenvalue weighted by Crippen LogP contribution is 2.57. The van der Waals surface area contributed by atoms with Crippen molar-refractivity contribution < 1.29 is 4.74 Å². The van der Waals surface area contributed by atoms with E-state index >= 15 is 0 Å². The zero-order valence-electron chi connectivity index (χ0n) is 8.42. The maximum Gasteiger partial charge on any atom is 0.127 e. The number of nitrogens with two attached hydrogens (primary N) is 1. The van der Waals surface area contributed by atoms with Crippen LogP contribution in [0.1, 0.15) is 30.0 Å². The second kappa shape index (κ2) is 2.51. The molecule has 1 heterocycles. The maximum atomic E-state index is 6.28. The predicted octanol–water partition coefficient (Wildman–Crippen LogP) is 2.17. The van der Waals surface area contributed by atoms with Crippen LogP contribution in [-0.2, 0) is 0 Å². The minimum atomic E-state index is 0.186. The first kappa shape index (κ1) is 8.30. The molecule has 2 N–H and O–H groups in total. The number of para-hydroxylation sites is 1. The minimum absolute atomic E-state index is 0.186. The molecule has 1 saturated carbocycles. The first-order valence-electron chi connectivity index (χ1n) is 5.21. The maximum absolute atomic E-state index is 6.28. The first-order valence-corrected chi connectivity index (χ1v) is 5.21. The molecule has 1 fully saturated rings. The Morgan fingerprint density at radius 2 is 2.21 bits per heavy atom. The van der Waals surface area contributed by atoms with E-state index in [1.807, 2.05) is 0 Å². The summed E-state index contributed by atoms with van der Waals surface area (Å²) in [5.41, 5.74) is 8.96. The lowest BCUT2D eigenvalue weighted by atomic mass is 9.88. The van der Waals surface area contributed by atoms with Gasteiger partial charge >= 0.3 is 0 Å². The lowest BCUT2D eigenvalue weighted by molar-refractivity contribution is 0.176. The van der Waals surface area contributed by atoms with Gasteiger partial charge in [0.1, 0.15) is 5.75 Å². The normalized spacial score (nSPS) is 26.9. The topological polar surface area (TPSA) is 35.2 Å². The SMILES string of the molecule is Cc1cccc2c1OCC1(CC1)C2N. The Labute approximate surface area is 84.1 Å². The Hall–Kier alpha value is -1.02. The summed E-state index contributed by atoms with van der Waals surface area (Å²) >= 11 is 0. The molecule has 0 amide bonds. The molecule has 0 saturated heterocycles. The highest BCUT2D eigenvalue weighted by Gasteiger charge is 2.52. The summed E-state index contributed by atoms with van der Waals surface area (Å²) in [5.74, 6) is 1.03. The molecule has 1 aliphatic heterocycles. The molecule has 3 rings (SSSR count). The highest BCUT2D eigenvalue weighted by molar-refractivity contribution is 5.45. The Kier molecular flexibility index (Phi) is 1.49. The fourth-order valence-corrected chi connectivity index (χ4v) is 2.37. The van der Waals surface area contributed by atoms with Crippen LogP contribution in [0.3, 0.4) is 0 Å². The molecule has 2 nitrogen and oxygen atoms in total. The number of benzene rings is 1. The molecule has 2 heteroatoms. The van der Waals surface area contributed by atoms with Crippen molar-refractivity contribution in [2.75, 3.05) is 6.61 Å². The van der Waals surface area contributed by atoms with E-state index in [4.69, 9.17) is 10.5 Å². The molecule has 1 aromatic rings. The Morgan fingerprint density at radius 1 is 1.43 bits per heavy atom. The van der Waals surface area contributed by atoms with Crippen molar-refractivity contribution in [1.82, 2.24) is 0 Å². The highest BCUT2D eigenvalue weighted by atomic mass is 16.5. The van der Waals surface area contributed by atoms with Gasteiger partial charge in [-0.15, -0.1) is 0 Å². The van der Waals surface area contributed by atoms with Gasteiger partial charge in [-0.3, -0.25) is 0 Å². The molecule has 14 heavy (non-hydrogen) atoms. The number of ether oxygens (including phenoxy) is 1. The minimum Gasteiger partial charge on any atom is -0.492 e. The van der Waals surface area contributed by atoms with E-state index in [0.29, 0.717) is 0 Å². The molecular weight excluding hydrogens is 174 g/mol. The zero-order chi connectivity index (χ0) is 9.76. The quantitative estimate of drug-likeness (QED) is 0.678. The van der Waals surface area contributed by atoms with Gasteiger partial charge in [0, 0.05) is 17.0 Å². The van der Waals surface area contributed by atoms with Crippen LogP contribution in [0.4, 0.5) is 0 Å². The van der Waals surface area contributed by atoms with Gasteiger partial charge in [0.15, 0.2) is 0 Å². The number of fused-ring (bicyclic) bond motifs is 1. The molecule has 0 radical (unpaired) electrons. The lowest BCUT2D eigenvalue weighted by Gasteiger charge is -2.32. The molecule has 2 aliphatic rings. The van der Waals surface area contributed by atoms with Crippen molar-refractivity contribution in [3.8, 4) is 5.75 Å². The number of aryl methyl sites for hydroxylation is 1. The van der Waals surface area contributed by atoms with E-state index in [9.17, 15) is 0 Å². The molecule has 1 atom stereocenters. The first-order chi connectivity index (χ1) is 6.73. The second-order valence-corrected chi connectivity index (χ2v) is 4.62. The van der Waals surface area contributed by atoms with Gasteiger partial charge in [-0.05, 0) is 25.3 Å². The largest absolute Gasteiger partial charge is 0.492 e. The fourth-order valence-electron chi connectivity index (χ4n) is 2.37. The van der Waals surface area contributed by atoms with Crippen molar-refractivity contribution in [2.24, 2.45) is 11.1 Å². The predicted molar refractivity (Wildman–Crippen MR) is 55.3 cm³/mol.